The number of hydrogen-bond donors (Lipinski definition) is 3. The lowest BCUT2D eigenvalue weighted by molar-refractivity contribution is -0.137. The van der Waals surface area contributed by atoms with Crippen molar-refractivity contribution in [3.63, 3.8) is 0 Å². The van der Waals surface area contributed by atoms with Crippen LogP contribution in [0.4, 0.5) is 0 Å². The molecule has 0 aliphatic carbocycles. The minimum absolute atomic E-state index is 0.333. The summed E-state index contributed by atoms with van der Waals surface area (Å²) in [7, 11) is 0. The molecule has 0 saturated carbocycles. The summed E-state index contributed by atoms with van der Waals surface area (Å²) < 4.78 is 96.7. The predicted molar refractivity (Wildman–Crippen MR) is 97.1 cm³/mol. The van der Waals surface area contributed by atoms with Crippen molar-refractivity contribution in [1.29, 1.82) is 0 Å². The molecule has 0 spiro atoms. The van der Waals surface area contributed by atoms with Crippen molar-refractivity contribution in [2.45, 2.75) is 45.3 Å². The lowest BCUT2D eigenvalue weighted by Gasteiger charge is -2.24. The molecule has 1 aliphatic rings. The van der Waals surface area contributed by atoms with Crippen molar-refractivity contribution in [2.24, 2.45) is 5.92 Å². The highest BCUT2D eigenvalue weighted by Gasteiger charge is 2.32. The summed E-state index contributed by atoms with van der Waals surface area (Å²) in [5.41, 5.74) is -1.61. The summed E-state index contributed by atoms with van der Waals surface area (Å²) in [4.78, 5) is 38.7. The number of carbonyl (C=O) groups excluding carboxylic acids is 3. The number of amides is 3. The zero-order valence-electron chi connectivity index (χ0n) is 26.4. The molecule has 1 heterocycles. The highest BCUT2D eigenvalue weighted by Crippen LogP contribution is 2.24. The second-order valence-corrected chi connectivity index (χ2v) is 5.78. The summed E-state index contributed by atoms with van der Waals surface area (Å²) in [6.45, 7) is -3.31. The van der Waals surface area contributed by atoms with E-state index in [1.165, 1.54) is 13.8 Å². The predicted octanol–water partition coefficient (Wildman–Crippen LogP) is 0.380. The summed E-state index contributed by atoms with van der Waals surface area (Å²) >= 11 is 0. The Hall–Kier alpha value is -2.41. The van der Waals surface area contributed by atoms with Gasteiger partial charge in [0.1, 0.15) is 18.1 Å². The highest BCUT2D eigenvalue weighted by atomic mass is 16.3. The van der Waals surface area contributed by atoms with Gasteiger partial charge in [-0.3, -0.25) is 14.4 Å². The van der Waals surface area contributed by atoms with Crippen LogP contribution in [0.3, 0.4) is 0 Å². The van der Waals surface area contributed by atoms with Crippen LogP contribution in [0, 0.1) is 5.92 Å². The maximum Gasteiger partial charge on any atom is 0.249 e. The first-order chi connectivity index (χ1) is 16.8. The summed E-state index contributed by atoms with van der Waals surface area (Å²) in [6, 6.07) is -9.97. The number of benzene rings is 1. The van der Waals surface area contributed by atoms with E-state index >= 15 is 0 Å². The van der Waals surface area contributed by atoms with Crippen molar-refractivity contribution >= 4 is 17.7 Å². The van der Waals surface area contributed by atoms with E-state index < -0.39 is 96.9 Å². The van der Waals surface area contributed by atoms with Crippen LogP contribution in [0.2, 0.25) is 0 Å². The fraction of sp³-hybridized carbons (Fsp3) is 0.526. The number of likely N-dealkylation sites (N-methyl/N-ethyl adjacent to an activating group) is 1. The maximum atomic E-state index is 13.5. The molecule has 0 saturated heterocycles. The van der Waals surface area contributed by atoms with E-state index in [-0.39, 0.29) is 4.90 Å². The molecule has 0 unspecified atom stereocenters. The monoisotopic (exact) mass is 373 g/mol. The standard InChI is InChI=1S/C19H27N3O4/c1-11(2)16(23)18(25)20-12(3)17(24)21-15-14-8-6-5-7-13(14)9-10-22(4)19(15)26/h5-8,11-12,15-16,23H,9-10H2,1-4H3,(H,20,25)(H,21,24)/t12-,15-,16-/m0/s1/i4D3,5D,6D,7D,8D,10D2,12D,15D,16D. The van der Waals surface area contributed by atoms with Crippen molar-refractivity contribution in [2.75, 3.05) is 13.5 Å². The Balaban J connectivity index is 2.78. The normalized spacial score (nSPS) is 33.7. The molecule has 0 aromatic heterocycles. The number of aliphatic hydroxyl groups is 1. The van der Waals surface area contributed by atoms with Crippen molar-refractivity contribution in [3.05, 3.63) is 35.3 Å². The fourth-order valence-electron chi connectivity index (χ4n) is 2.01. The van der Waals surface area contributed by atoms with E-state index in [2.05, 4.69) is 0 Å². The first-order valence-corrected chi connectivity index (χ1v) is 7.66. The molecule has 1 aromatic carbocycles. The van der Waals surface area contributed by atoms with Crippen LogP contribution < -0.4 is 10.6 Å². The first-order valence-electron chi connectivity index (χ1n) is 13.7. The SMILES string of the molecule is [2H]c1c([2H])c([2H])c2c(c1[2H])CC([2H])([2H])N(C([2H])([2H])[2H])C(=O)[C@@]2([2H])NC(=O)[C@]([2H])(C)NC(=O)[C@@]([2H])(O)C(C)C. The van der Waals surface area contributed by atoms with Crippen molar-refractivity contribution in [1.82, 2.24) is 15.5 Å². The molecule has 3 atom stereocenters. The lowest BCUT2D eigenvalue weighted by Crippen LogP contribution is -2.51. The molecule has 3 amide bonds. The van der Waals surface area contributed by atoms with Gasteiger partial charge in [0.2, 0.25) is 17.7 Å². The Morgan fingerprint density at radius 1 is 1.42 bits per heavy atom. The van der Waals surface area contributed by atoms with Gasteiger partial charge in [-0.15, -0.1) is 0 Å². The fourth-order valence-corrected chi connectivity index (χ4v) is 2.01. The number of hydrogen-bond acceptors (Lipinski definition) is 4. The molecule has 1 aliphatic heterocycles. The van der Waals surface area contributed by atoms with Gasteiger partial charge in [0, 0.05) is 20.3 Å². The number of carbonyl (C=O) groups is 3. The largest absolute Gasteiger partial charge is 0.383 e. The zero-order chi connectivity index (χ0) is 30.0. The molecule has 26 heavy (non-hydrogen) atoms. The first kappa shape index (κ1) is 8.99. The van der Waals surface area contributed by atoms with Gasteiger partial charge in [-0.25, -0.2) is 0 Å². The Labute approximate surface area is 170 Å². The number of rotatable bonds is 5. The second-order valence-electron chi connectivity index (χ2n) is 5.78. The third kappa shape index (κ3) is 4.40. The van der Waals surface area contributed by atoms with Gasteiger partial charge in [-0.05, 0) is 30.4 Å². The van der Waals surface area contributed by atoms with Gasteiger partial charge >= 0.3 is 0 Å². The summed E-state index contributed by atoms with van der Waals surface area (Å²) in [5.74, 6) is -6.08. The van der Waals surface area contributed by atoms with Crippen LogP contribution in [0.15, 0.2) is 24.2 Å². The number of fused-ring (bicyclic) bond motifs is 1. The van der Waals surface area contributed by atoms with Gasteiger partial charge in [-0.2, -0.15) is 0 Å². The molecule has 0 fully saturated rings. The molecule has 7 nitrogen and oxygen atoms in total. The average molecular weight is 374 g/mol. The Bertz CT molecular complexity index is 1180. The van der Waals surface area contributed by atoms with Crippen LogP contribution in [0.25, 0.3) is 0 Å². The molecule has 0 bridgehead atoms. The molecular weight excluding hydrogens is 334 g/mol. The maximum absolute atomic E-state index is 13.5. The lowest BCUT2D eigenvalue weighted by atomic mass is 9.99. The molecule has 2 rings (SSSR count). The Morgan fingerprint density at radius 2 is 2.12 bits per heavy atom. The second kappa shape index (κ2) is 8.31. The summed E-state index contributed by atoms with van der Waals surface area (Å²) in [5, 5.41) is 13.6. The van der Waals surface area contributed by atoms with E-state index in [0.29, 0.717) is 0 Å². The van der Waals surface area contributed by atoms with Crippen LogP contribution in [0.1, 0.15) is 54.4 Å². The quantitative estimate of drug-likeness (QED) is 0.695. The minimum atomic E-state index is -3.55. The van der Waals surface area contributed by atoms with E-state index in [0.717, 1.165) is 6.92 Å². The molecule has 7 heteroatoms. The van der Waals surface area contributed by atoms with Crippen molar-refractivity contribution in [3.8, 4) is 0 Å². The van der Waals surface area contributed by atoms with Crippen LogP contribution >= 0.6 is 0 Å². The smallest absolute Gasteiger partial charge is 0.249 e. The minimum Gasteiger partial charge on any atom is -0.383 e. The van der Waals surface area contributed by atoms with Crippen molar-refractivity contribution < 1.29 is 35.9 Å². The zero-order valence-corrected chi connectivity index (χ0v) is 14.4. The van der Waals surface area contributed by atoms with Gasteiger partial charge in [0.05, 0.1) is 9.60 Å². The molecule has 3 N–H and O–H groups in total. The van der Waals surface area contributed by atoms with Crippen LogP contribution in [-0.2, 0) is 20.8 Å². The van der Waals surface area contributed by atoms with E-state index in [4.69, 9.17) is 16.4 Å². The van der Waals surface area contributed by atoms with Gasteiger partial charge in [0.25, 0.3) is 0 Å². The van der Waals surface area contributed by atoms with Crippen LogP contribution in [0.5, 0.6) is 0 Å². The van der Waals surface area contributed by atoms with Gasteiger partial charge in [0.15, 0.2) is 0 Å². The molecular formula is C19H27N3O4. The number of nitrogens with one attached hydrogen (secondary N) is 2. The molecule has 142 valence electrons. The van der Waals surface area contributed by atoms with Gasteiger partial charge in [-0.1, -0.05) is 38.0 Å². The third-order valence-corrected chi connectivity index (χ3v) is 3.51. The average Bonchev–Trinajstić information content (AvgIpc) is 2.80. The highest BCUT2D eigenvalue weighted by molar-refractivity contribution is 5.93. The van der Waals surface area contributed by atoms with E-state index in [9.17, 15) is 19.5 Å². The van der Waals surface area contributed by atoms with Crippen LogP contribution in [-0.4, -0.2) is 53.3 Å². The molecule has 0 radical (unpaired) electrons. The third-order valence-electron chi connectivity index (χ3n) is 3.51. The Morgan fingerprint density at radius 3 is 2.77 bits per heavy atom. The summed E-state index contributed by atoms with van der Waals surface area (Å²) in [6.07, 6.45) is -3.88. The topological polar surface area (TPSA) is 98.7 Å². The molecule has 1 aromatic rings. The Kier molecular flexibility index (Phi) is 2.87. The van der Waals surface area contributed by atoms with E-state index in [1.54, 1.807) is 10.6 Å². The van der Waals surface area contributed by atoms with Gasteiger partial charge < -0.3 is 20.6 Å². The van der Waals surface area contributed by atoms with E-state index in [1.807, 2.05) is 0 Å². The number of nitrogens with zero attached hydrogens (tertiary/aromatic N) is 1.